The summed E-state index contributed by atoms with van der Waals surface area (Å²) >= 11 is 2.16. The van der Waals surface area contributed by atoms with Crippen LogP contribution in [0.5, 0.6) is 0 Å². The van der Waals surface area contributed by atoms with E-state index in [1.807, 2.05) is 0 Å². The third-order valence-corrected chi connectivity index (χ3v) is 4.61. The highest BCUT2D eigenvalue weighted by Gasteiger charge is 2.13. The number of nitrogens with zero attached hydrogens (tertiary/aromatic N) is 1. The normalized spacial score (nSPS) is 17.8. The molecule has 0 bridgehead atoms. The molecule has 1 saturated heterocycles. The van der Waals surface area contributed by atoms with Crippen molar-refractivity contribution < 1.29 is 4.74 Å². The second-order valence-electron chi connectivity index (χ2n) is 4.45. The molecule has 0 aromatic rings. The van der Waals surface area contributed by atoms with Crippen molar-refractivity contribution in [1.29, 1.82) is 0 Å². The van der Waals surface area contributed by atoms with Crippen molar-refractivity contribution in [3.63, 3.8) is 0 Å². The number of thioether (sulfide) groups is 1. The van der Waals surface area contributed by atoms with Gasteiger partial charge in [0.25, 0.3) is 0 Å². The van der Waals surface area contributed by atoms with Crippen LogP contribution in [-0.2, 0) is 4.74 Å². The van der Waals surface area contributed by atoms with Crippen molar-refractivity contribution in [2.24, 2.45) is 0 Å². The molecule has 4 heteroatoms. The van der Waals surface area contributed by atoms with Crippen LogP contribution in [0.15, 0.2) is 0 Å². The first-order chi connectivity index (χ1) is 8.36. The summed E-state index contributed by atoms with van der Waals surface area (Å²) < 4.78 is 5.41. The van der Waals surface area contributed by atoms with Crippen LogP contribution in [-0.4, -0.2) is 61.8 Å². The van der Waals surface area contributed by atoms with E-state index in [9.17, 15) is 0 Å². The molecule has 0 radical (unpaired) electrons. The van der Waals surface area contributed by atoms with E-state index in [1.54, 1.807) is 0 Å². The maximum atomic E-state index is 5.41. The van der Waals surface area contributed by atoms with E-state index < -0.39 is 0 Å². The van der Waals surface area contributed by atoms with Crippen molar-refractivity contribution in [3.8, 4) is 0 Å². The molecule has 102 valence electrons. The van der Waals surface area contributed by atoms with E-state index >= 15 is 0 Å². The van der Waals surface area contributed by atoms with Crippen LogP contribution in [0.2, 0.25) is 0 Å². The monoisotopic (exact) mass is 260 g/mol. The molecule has 1 heterocycles. The predicted octanol–water partition coefficient (Wildman–Crippen LogP) is 1.83. The van der Waals surface area contributed by atoms with Crippen molar-refractivity contribution in [3.05, 3.63) is 0 Å². The summed E-state index contributed by atoms with van der Waals surface area (Å²) in [5.41, 5.74) is 0. The van der Waals surface area contributed by atoms with Gasteiger partial charge in [0.15, 0.2) is 0 Å². The minimum atomic E-state index is 0.835. The van der Waals surface area contributed by atoms with Crippen LogP contribution in [0.1, 0.15) is 26.7 Å². The van der Waals surface area contributed by atoms with Crippen LogP contribution in [0, 0.1) is 0 Å². The van der Waals surface area contributed by atoms with E-state index in [0.29, 0.717) is 0 Å². The molecule has 17 heavy (non-hydrogen) atoms. The molecule has 0 amide bonds. The Bertz CT molecular complexity index is 175. The van der Waals surface area contributed by atoms with E-state index in [1.165, 1.54) is 38.2 Å². The molecule has 1 aliphatic heterocycles. The van der Waals surface area contributed by atoms with Gasteiger partial charge in [-0.05, 0) is 39.4 Å². The van der Waals surface area contributed by atoms with Gasteiger partial charge in [-0.15, -0.1) is 0 Å². The highest BCUT2D eigenvalue weighted by molar-refractivity contribution is 7.99. The zero-order chi connectivity index (χ0) is 12.3. The number of piperidine rings is 1. The number of hydrogen-bond donors (Lipinski definition) is 1. The Morgan fingerprint density at radius 1 is 1.24 bits per heavy atom. The molecule has 1 fully saturated rings. The minimum Gasteiger partial charge on any atom is -0.380 e. The van der Waals surface area contributed by atoms with Gasteiger partial charge in [-0.2, -0.15) is 11.8 Å². The Labute approximate surface area is 111 Å². The molecule has 0 aromatic heterocycles. The topological polar surface area (TPSA) is 24.5 Å². The highest BCUT2D eigenvalue weighted by Crippen LogP contribution is 2.19. The summed E-state index contributed by atoms with van der Waals surface area (Å²) in [5.74, 6) is 1.27. The average molecular weight is 260 g/mol. The lowest BCUT2D eigenvalue weighted by Crippen LogP contribution is -2.32. The minimum absolute atomic E-state index is 0.835. The van der Waals surface area contributed by atoms with E-state index in [2.05, 4.69) is 35.8 Å². The Kier molecular flexibility index (Phi) is 9.16. The van der Waals surface area contributed by atoms with Crippen LogP contribution < -0.4 is 5.32 Å². The van der Waals surface area contributed by atoms with Gasteiger partial charge in [0.05, 0.1) is 6.61 Å². The average Bonchev–Trinajstić information content (AvgIpc) is 2.38. The van der Waals surface area contributed by atoms with E-state index in [-0.39, 0.29) is 0 Å². The highest BCUT2D eigenvalue weighted by atomic mass is 32.2. The van der Waals surface area contributed by atoms with Gasteiger partial charge in [0.2, 0.25) is 0 Å². The zero-order valence-corrected chi connectivity index (χ0v) is 12.2. The molecule has 1 aliphatic rings. The molecule has 0 unspecified atom stereocenters. The number of nitrogens with one attached hydrogen (secondary N) is 1. The number of hydrogen-bond acceptors (Lipinski definition) is 4. The molecule has 0 spiro atoms. The van der Waals surface area contributed by atoms with Crippen molar-refractivity contribution in [2.75, 3.05) is 51.7 Å². The van der Waals surface area contributed by atoms with Gasteiger partial charge in [0.1, 0.15) is 0 Å². The summed E-state index contributed by atoms with van der Waals surface area (Å²) in [7, 11) is 0. The van der Waals surface area contributed by atoms with Crippen molar-refractivity contribution in [2.45, 2.75) is 31.9 Å². The number of likely N-dealkylation sites (N-methyl/N-ethyl adjacent to an activating group) is 1. The van der Waals surface area contributed by atoms with E-state index in [4.69, 9.17) is 4.74 Å². The molecular weight excluding hydrogens is 232 g/mol. The Morgan fingerprint density at radius 3 is 2.65 bits per heavy atom. The van der Waals surface area contributed by atoms with Gasteiger partial charge in [-0.1, -0.05) is 6.92 Å². The maximum Gasteiger partial charge on any atom is 0.0593 e. The summed E-state index contributed by atoms with van der Waals surface area (Å²) in [4.78, 5) is 2.49. The third kappa shape index (κ3) is 7.29. The summed E-state index contributed by atoms with van der Waals surface area (Å²) in [5, 5.41) is 4.31. The maximum absolute atomic E-state index is 5.41. The molecule has 0 aliphatic carbocycles. The quantitative estimate of drug-likeness (QED) is 0.639. The van der Waals surface area contributed by atoms with Crippen LogP contribution in [0.4, 0.5) is 0 Å². The fourth-order valence-corrected chi connectivity index (χ4v) is 3.34. The number of rotatable bonds is 9. The second kappa shape index (κ2) is 10.2. The van der Waals surface area contributed by atoms with Gasteiger partial charge in [-0.25, -0.2) is 0 Å². The predicted molar refractivity (Wildman–Crippen MR) is 77.0 cm³/mol. The molecule has 1 rings (SSSR count). The lowest BCUT2D eigenvalue weighted by molar-refractivity contribution is 0.117. The SMILES string of the molecule is CCOCCN(CC)CCSC1CCNCC1. The first kappa shape index (κ1) is 15.3. The molecule has 0 aromatic carbocycles. The first-order valence-electron chi connectivity index (χ1n) is 6.99. The Hall–Kier alpha value is 0.230. The molecule has 1 N–H and O–H groups in total. The fourth-order valence-electron chi connectivity index (χ4n) is 2.08. The van der Waals surface area contributed by atoms with Gasteiger partial charge in [0, 0.05) is 30.7 Å². The van der Waals surface area contributed by atoms with Gasteiger partial charge in [-0.3, -0.25) is 0 Å². The second-order valence-corrected chi connectivity index (χ2v) is 5.86. The Morgan fingerprint density at radius 2 is 2.00 bits per heavy atom. The fraction of sp³-hybridized carbons (Fsp3) is 1.00. The van der Waals surface area contributed by atoms with Crippen LogP contribution in [0.25, 0.3) is 0 Å². The molecule has 3 nitrogen and oxygen atoms in total. The van der Waals surface area contributed by atoms with Crippen LogP contribution in [0.3, 0.4) is 0 Å². The lowest BCUT2D eigenvalue weighted by Gasteiger charge is -2.24. The Balaban J connectivity index is 2.01. The summed E-state index contributed by atoms with van der Waals surface area (Å²) in [6.07, 6.45) is 2.69. The standard InChI is InChI=1S/C13H28N2OS/c1-3-15(9-11-16-4-2)10-12-17-13-5-7-14-8-6-13/h13-14H,3-12H2,1-2H3. The molecule has 0 saturated carbocycles. The summed E-state index contributed by atoms with van der Waals surface area (Å²) in [6, 6.07) is 0. The van der Waals surface area contributed by atoms with E-state index in [0.717, 1.165) is 31.6 Å². The first-order valence-corrected chi connectivity index (χ1v) is 8.04. The third-order valence-electron chi connectivity index (χ3n) is 3.25. The largest absolute Gasteiger partial charge is 0.380 e. The zero-order valence-electron chi connectivity index (χ0n) is 11.4. The lowest BCUT2D eigenvalue weighted by atomic mass is 10.2. The molecule has 0 atom stereocenters. The van der Waals surface area contributed by atoms with Gasteiger partial charge < -0.3 is 15.0 Å². The van der Waals surface area contributed by atoms with Crippen molar-refractivity contribution in [1.82, 2.24) is 10.2 Å². The number of ether oxygens (including phenoxy) is 1. The van der Waals surface area contributed by atoms with Crippen molar-refractivity contribution >= 4 is 11.8 Å². The van der Waals surface area contributed by atoms with Gasteiger partial charge >= 0.3 is 0 Å². The smallest absolute Gasteiger partial charge is 0.0593 e. The molecular formula is C13H28N2OS. The van der Waals surface area contributed by atoms with Crippen LogP contribution >= 0.6 is 11.8 Å². The summed E-state index contributed by atoms with van der Waals surface area (Å²) in [6.45, 7) is 11.8.